The monoisotopic (exact) mass is 477 g/mol. The molecule has 4 heterocycles. The molecule has 36 heavy (non-hydrogen) atoms. The Kier molecular flexibility index (Phi) is 4.78. The van der Waals surface area contributed by atoms with Crippen LogP contribution in [0.4, 0.5) is 0 Å². The molecule has 2 saturated heterocycles. The standard InChI is InChI=1S/C31H35N5/c1-20-8-10-28(21(2)33-20)36-22(3)25-6-5-7-26-27(9-11-29(36)30(25)26)31(14-15-31)23-18-32-35(19-23)24-12-16-34(4)17-13-24/h5-7,9,11,18-19,24,28,33H,1-3,8,10,12-17H2,4H3. The molecule has 0 spiro atoms. The van der Waals surface area contributed by atoms with E-state index in [2.05, 4.69) is 89.0 Å². The Labute approximate surface area is 212 Å². The molecule has 1 atom stereocenters. The Morgan fingerprint density at radius 2 is 1.78 bits per heavy atom. The van der Waals surface area contributed by atoms with Crippen molar-refractivity contribution in [1.82, 2.24) is 24.6 Å². The van der Waals surface area contributed by atoms with Crippen LogP contribution in [0, 0.1) is 0 Å². The molecular weight excluding hydrogens is 442 g/mol. The highest BCUT2D eigenvalue weighted by molar-refractivity contribution is 6.11. The highest BCUT2D eigenvalue weighted by Gasteiger charge is 2.48. The van der Waals surface area contributed by atoms with Crippen LogP contribution in [0.5, 0.6) is 0 Å². The molecule has 3 fully saturated rings. The van der Waals surface area contributed by atoms with E-state index in [0.717, 1.165) is 42.7 Å². The van der Waals surface area contributed by atoms with Crippen LogP contribution in [0.15, 0.2) is 67.3 Å². The first-order chi connectivity index (χ1) is 17.5. The number of aromatic nitrogens is 3. The fraction of sp³-hybridized carbons (Fsp3) is 0.387. The lowest BCUT2D eigenvalue weighted by molar-refractivity contribution is 0.212. The number of benzene rings is 2. The van der Waals surface area contributed by atoms with Gasteiger partial charge in [-0.3, -0.25) is 4.68 Å². The summed E-state index contributed by atoms with van der Waals surface area (Å²) in [5.41, 5.74) is 6.21. The summed E-state index contributed by atoms with van der Waals surface area (Å²) in [6, 6.07) is 12.2. The lowest BCUT2D eigenvalue weighted by Crippen LogP contribution is -2.31. The third-order valence-corrected chi connectivity index (χ3v) is 9.13. The molecule has 184 valence electrons. The van der Waals surface area contributed by atoms with Crippen LogP contribution in [0.1, 0.15) is 61.7 Å². The summed E-state index contributed by atoms with van der Waals surface area (Å²) in [6.07, 6.45) is 11.2. The number of allylic oxidation sites excluding steroid dienone is 2. The van der Waals surface area contributed by atoms with Crippen LogP contribution in [0.3, 0.4) is 0 Å². The quantitative estimate of drug-likeness (QED) is 0.427. The van der Waals surface area contributed by atoms with Gasteiger partial charge in [0.25, 0.3) is 0 Å². The Morgan fingerprint density at radius 1 is 1.00 bits per heavy atom. The Morgan fingerprint density at radius 3 is 2.53 bits per heavy atom. The molecule has 5 nitrogen and oxygen atoms in total. The second-order valence-corrected chi connectivity index (χ2v) is 11.3. The van der Waals surface area contributed by atoms with E-state index in [1.54, 1.807) is 0 Å². The van der Waals surface area contributed by atoms with Crippen LogP contribution in [0.2, 0.25) is 0 Å². The molecular formula is C31H35N5. The van der Waals surface area contributed by atoms with Crippen molar-refractivity contribution in [2.45, 2.75) is 56.0 Å². The Balaban J connectivity index is 1.32. The summed E-state index contributed by atoms with van der Waals surface area (Å²) in [5, 5.41) is 13.3. The van der Waals surface area contributed by atoms with Gasteiger partial charge in [-0.05, 0) is 75.7 Å². The molecule has 4 aromatic rings. The van der Waals surface area contributed by atoms with Gasteiger partial charge < -0.3 is 14.8 Å². The Bertz CT molecular complexity index is 1560. The lowest BCUT2D eigenvalue weighted by atomic mass is 9.86. The van der Waals surface area contributed by atoms with E-state index in [9.17, 15) is 0 Å². The SMILES string of the molecule is C=C1CCC(n2c(=C)c3cccc4c(C5(c6cnn(C7CCN(C)CC7)c6)CC5)ccc2c43)C(=C)N1. The van der Waals surface area contributed by atoms with Crippen molar-refractivity contribution in [1.29, 1.82) is 0 Å². The molecule has 1 unspecified atom stereocenters. The summed E-state index contributed by atoms with van der Waals surface area (Å²) < 4.78 is 4.66. The molecule has 7 rings (SSSR count). The van der Waals surface area contributed by atoms with Crippen LogP contribution >= 0.6 is 0 Å². The molecule has 5 heteroatoms. The van der Waals surface area contributed by atoms with Crippen molar-refractivity contribution in [3.8, 4) is 0 Å². The zero-order chi connectivity index (χ0) is 24.6. The van der Waals surface area contributed by atoms with E-state index < -0.39 is 0 Å². The van der Waals surface area contributed by atoms with E-state index in [0.29, 0.717) is 6.04 Å². The molecule has 2 aromatic carbocycles. The van der Waals surface area contributed by atoms with Gasteiger partial charge in [-0.2, -0.15) is 5.10 Å². The molecule has 2 aliphatic heterocycles. The Hall–Kier alpha value is -3.31. The number of nitrogens with zero attached hydrogens (tertiary/aromatic N) is 4. The van der Waals surface area contributed by atoms with Gasteiger partial charge in [0.1, 0.15) is 0 Å². The van der Waals surface area contributed by atoms with E-state index >= 15 is 0 Å². The van der Waals surface area contributed by atoms with Crippen molar-refractivity contribution in [2.75, 3.05) is 20.1 Å². The molecule has 2 aromatic heterocycles. The molecule has 0 radical (unpaired) electrons. The average molecular weight is 478 g/mol. The van der Waals surface area contributed by atoms with Crippen molar-refractivity contribution < 1.29 is 0 Å². The average Bonchev–Trinajstić information content (AvgIpc) is 3.43. The summed E-state index contributed by atoms with van der Waals surface area (Å²) in [6.45, 7) is 15.3. The van der Waals surface area contributed by atoms with Crippen molar-refractivity contribution in [3.63, 3.8) is 0 Å². The number of nitrogens with one attached hydrogen (secondary N) is 1. The second-order valence-electron chi connectivity index (χ2n) is 11.3. The minimum atomic E-state index is 0.0728. The van der Waals surface area contributed by atoms with Crippen molar-refractivity contribution in [3.05, 3.63) is 83.8 Å². The van der Waals surface area contributed by atoms with Crippen LogP contribution in [-0.2, 0) is 5.41 Å². The molecule has 0 amide bonds. The van der Waals surface area contributed by atoms with E-state index in [1.165, 1.54) is 58.5 Å². The van der Waals surface area contributed by atoms with Gasteiger partial charge in [0.05, 0.1) is 23.8 Å². The zero-order valence-corrected chi connectivity index (χ0v) is 21.3. The van der Waals surface area contributed by atoms with Crippen LogP contribution in [-0.4, -0.2) is 39.4 Å². The fourth-order valence-corrected chi connectivity index (χ4v) is 6.90. The van der Waals surface area contributed by atoms with Crippen molar-refractivity contribution >= 4 is 28.3 Å². The number of rotatable bonds is 4. The lowest BCUT2D eigenvalue weighted by Gasteiger charge is -2.30. The van der Waals surface area contributed by atoms with Crippen molar-refractivity contribution in [2.24, 2.45) is 0 Å². The van der Waals surface area contributed by atoms with Gasteiger partial charge in [-0.25, -0.2) is 0 Å². The first-order valence-corrected chi connectivity index (χ1v) is 13.4. The predicted molar refractivity (Wildman–Crippen MR) is 148 cm³/mol. The van der Waals surface area contributed by atoms with Gasteiger partial charge >= 0.3 is 0 Å². The number of piperidine rings is 2. The van der Waals surface area contributed by atoms with E-state index in [-0.39, 0.29) is 11.5 Å². The minimum absolute atomic E-state index is 0.0728. The smallest absolute Gasteiger partial charge is 0.0738 e. The third-order valence-electron chi connectivity index (χ3n) is 9.13. The maximum Gasteiger partial charge on any atom is 0.0738 e. The summed E-state index contributed by atoms with van der Waals surface area (Å²) in [4.78, 5) is 2.42. The molecule has 1 N–H and O–H groups in total. The molecule has 1 saturated carbocycles. The minimum Gasteiger partial charge on any atom is -0.362 e. The highest BCUT2D eigenvalue weighted by atomic mass is 15.3. The summed E-state index contributed by atoms with van der Waals surface area (Å²) in [5.74, 6) is 0. The second kappa shape index (κ2) is 7.84. The van der Waals surface area contributed by atoms with E-state index in [1.807, 2.05) is 0 Å². The van der Waals surface area contributed by atoms with Crippen LogP contribution in [0.25, 0.3) is 28.3 Å². The molecule has 0 bridgehead atoms. The van der Waals surface area contributed by atoms with Crippen LogP contribution < -0.4 is 10.7 Å². The highest BCUT2D eigenvalue weighted by Crippen LogP contribution is 2.56. The topological polar surface area (TPSA) is 38.0 Å². The predicted octanol–water partition coefficient (Wildman–Crippen LogP) is 5.42. The third kappa shape index (κ3) is 3.15. The zero-order valence-electron chi connectivity index (χ0n) is 21.3. The molecule has 3 aliphatic rings. The van der Waals surface area contributed by atoms with Gasteiger partial charge in [0.2, 0.25) is 0 Å². The van der Waals surface area contributed by atoms with Gasteiger partial charge in [-0.15, -0.1) is 0 Å². The largest absolute Gasteiger partial charge is 0.362 e. The fourth-order valence-electron chi connectivity index (χ4n) is 6.90. The number of likely N-dealkylation sites (tertiary alicyclic amines) is 1. The number of hydrogen-bond acceptors (Lipinski definition) is 3. The maximum atomic E-state index is 4.88. The summed E-state index contributed by atoms with van der Waals surface area (Å²) in [7, 11) is 2.21. The molecule has 1 aliphatic carbocycles. The first-order valence-electron chi connectivity index (χ1n) is 13.4. The first kappa shape index (κ1) is 21.9. The van der Waals surface area contributed by atoms with Gasteiger partial charge in [-0.1, -0.05) is 44.0 Å². The number of hydrogen-bond donors (Lipinski definition) is 1. The summed E-state index contributed by atoms with van der Waals surface area (Å²) >= 11 is 0. The van der Waals surface area contributed by atoms with Gasteiger partial charge in [0, 0.05) is 44.7 Å². The normalized spacial score (nSPS) is 23.0. The van der Waals surface area contributed by atoms with E-state index in [4.69, 9.17) is 5.10 Å². The maximum absolute atomic E-state index is 4.88. The van der Waals surface area contributed by atoms with Gasteiger partial charge in [0.15, 0.2) is 0 Å².